The highest BCUT2D eigenvalue weighted by molar-refractivity contribution is 4.94. The molecule has 4 heteroatoms. The topological polar surface area (TPSA) is 29.5 Å². The Hall–Kier alpha value is -0.220. The highest BCUT2D eigenvalue weighted by atomic mass is 19.3. The number of ether oxygens (including phenoxy) is 1. The molecule has 2 aliphatic rings. The van der Waals surface area contributed by atoms with E-state index in [1.807, 2.05) is 0 Å². The maximum absolute atomic E-state index is 13.5. The van der Waals surface area contributed by atoms with Gasteiger partial charge in [-0.05, 0) is 18.8 Å². The molecule has 2 unspecified atom stereocenters. The van der Waals surface area contributed by atoms with Crippen molar-refractivity contribution < 1.29 is 18.6 Å². The fourth-order valence-corrected chi connectivity index (χ4v) is 2.41. The molecule has 2 nitrogen and oxygen atoms in total. The van der Waals surface area contributed by atoms with Crippen LogP contribution in [0.2, 0.25) is 0 Å². The Morgan fingerprint density at radius 3 is 2.23 bits per heavy atom. The van der Waals surface area contributed by atoms with Crippen LogP contribution in [0.4, 0.5) is 8.78 Å². The Bertz CT molecular complexity index is 180. The van der Waals surface area contributed by atoms with Gasteiger partial charge in [0.25, 0.3) is 5.92 Å². The average Bonchev–Trinajstić information content (AvgIpc) is 2.02. The van der Waals surface area contributed by atoms with Gasteiger partial charge in [0.1, 0.15) is 0 Å². The Kier molecular flexibility index (Phi) is 2.28. The molecule has 0 aromatic carbocycles. The van der Waals surface area contributed by atoms with Crippen LogP contribution in [-0.2, 0) is 4.74 Å². The average molecular weight is 192 g/mol. The molecule has 1 aliphatic heterocycles. The first-order chi connectivity index (χ1) is 6.14. The zero-order chi connectivity index (χ0) is 9.47. The van der Waals surface area contributed by atoms with Crippen molar-refractivity contribution in [2.75, 3.05) is 19.8 Å². The van der Waals surface area contributed by atoms with Crippen LogP contribution in [0.25, 0.3) is 0 Å². The number of halogens is 2. The molecule has 0 spiro atoms. The predicted molar refractivity (Wildman–Crippen MR) is 42.6 cm³/mol. The standard InChI is InChI=1S/C9H14F2O2/c10-9(11)7-1-6(3-12)2-8(9)5-13-4-7/h6-8,12H,1-5H2. The van der Waals surface area contributed by atoms with E-state index in [2.05, 4.69) is 0 Å². The van der Waals surface area contributed by atoms with Crippen LogP contribution in [0, 0.1) is 17.8 Å². The van der Waals surface area contributed by atoms with E-state index >= 15 is 0 Å². The van der Waals surface area contributed by atoms with Gasteiger partial charge < -0.3 is 9.84 Å². The number of rotatable bonds is 1. The Morgan fingerprint density at radius 1 is 1.23 bits per heavy atom. The maximum atomic E-state index is 13.5. The molecule has 2 bridgehead atoms. The van der Waals surface area contributed by atoms with Gasteiger partial charge in [-0.2, -0.15) is 0 Å². The first-order valence-electron chi connectivity index (χ1n) is 4.71. The van der Waals surface area contributed by atoms with Crippen LogP contribution < -0.4 is 0 Å². The van der Waals surface area contributed by atoms with Gasteiger partial charge in [0, 0.05) is 18.4 Å². The summed E-state index contributed by atoms with van der Waals surface area (Å²) in [5.41, 5.74) is 0. The largest absolute Gasteiger partial charge is 0.396 e. The van der Waals surface area contributed by atoms with E-state index in [4.69, 9.17) is 9.84 Å². The number of fused-ring (bicyclic) bond motifs is 2. The van der Waals surface area contributed by atoms with Gasteiger partial charge in [0.15, 0.2) is 0 Å². The van der Waals surface area contributed by atoms with Crippen molar-refractivity contribution in [3.8, 4) is 0 Å². The molecule has 0 aromatic rings. The highest BCUT2D eigenvalue weighted by Gasteiger charge is 2.54. The molecule has 2 atom stereocenters. The summed E-state index contributed by atoms with van der Waals surface area (Å²) in [7, 11) is 0. The summed E-state index contributed by atoms with van der Waals surface area (Å²) in [5, 5.41) is 8.93. The van der Waals surface area contributed by atoms with Gasteiger partial charge in [-0.3, -0.25) is 0 Å². The monoisotopic (exact) mass is 192 g/mol. The van der Waals surface area contributed by atoms with Crippen molar-refractivity contribution in [3.63, 3.8) is 0 Å². The van der Waals surface area contributed by atoms with Gasteiger partial charge in [0.2, 0.25) is 0 Å². The smallest absolute Gasteiger partial charge is 0.258 e. The predicted octanol–water partition coefficient (Wildman–Crippen LogP) is 1.29. The van der Waals surface area contributed by atoms with E-state index in [9.17, 15) is 8.78 Å². The van der Waals surface area contributed by atoms with Gasteiger partial charge >= 0.3 is 0 Å². The van der Waals surface area contributed by atoms with Crippen molar-refractivity contribution >= 4 is 0 Å². The van der Waals surface area contributed by atoms with Crippen LogP contribution in [0.1, 0.15) is 12.8 Å². The zero-order valence-electron chi connectivity index (χ0n) is 7.38. The third kappa shape index (κ3) is 1.46. The van der Waals surface area contributed by atoms with Crippen LogP contribution in [0.15, 0.2) is 0 Å². The molecular formula is C9H14F2O2. The fourth-order valence-electron chi connectivity index (χ4n) is 2.41. The number of aliphatic hydroxyl groups excluding tert-OH is 1. The van der Waals surface area contributed by atoms with Crippen molar-refractivity contribution in [1.29, 1.82) is 0 Å². The van der Waals surface area contributed by atoms with Crippen LogP contribution in [0.5, 0.6) is 0 Å². The number of hydrogen-bond donors (Lipinski definition) is 1. The minimum absolute atomic E-state index is 0.0308. The lowest BCUT2D eigenvalue weighted by Gasteiger charge is -2.44. The normalized spacial score (nSPS) is 43.2. The summed E-state index contributed by atoms with van der Waals surface area (Å²) < 4.78 is 32.0. The third-order valence-corrected chi connectivity index (χ3v) is 3.22. The maximum Gasteiger partial charge on any atom is 0.258 e. The van der Waals surface area contributed by atoms with E-state index in [0.29, 0.717) is 12.8 Å². The lowest BCUT2D eigenvalue weighted by molar-refractivity contribution is -0.215. The molecule has 0 aromatic heterocycles. The fraction of sp³-hybridized carbons (Fsp3) is 1.00. The molecule has 1 heterocycles. The van der Waals surface area contributed by atoms with Crippen molar-refractivity contribution in [3.05, 3.63) is 0 Å². The van der Waals surface area contributed by atoms with E-state index in [1.165, 1.54) is 0 Å². The molecule has 1 N–H and O–H groups in total. The summed E-state index contributed by atoms with van der Waals surface area (Å²) in [6.45, 7) is 0.336. The third-order valence-electron chi connectivity index (χ3n) is 3.22. The second-order valence-electron chi connectivity index (χ2n) is 4.13. The number of hydrogen-bond acceptors (Lipinski definition) is 2. The van der Waals surface area contributed by atoms with E-state index in [0.717, 1.165) is 0 Å². The molecule has 2 rings (SSSR count). The van der Waals surface area contributed by atoms with E-state index in [1.54, 1.807) is 0 Å². The highest BCUT2D eigenvalue weighted by Crippen LogP contribution is 2.47. The lowest BCUT2D eigenvalue weighted by Crippen LogP contribution is -2.51. The quantitative estimate of drug-likeness (QED) is 0.678. The van der Waals surface area contributed by atoms with Crippen molar-refractivity contribution in [2.24, 2.45) is 17.8 Å². The van der Waals surface area contributed by atoms with Crippen LogP contribution in [-0.4, -0.2) is 30.8 Å². The van der Waals surface area contributed by atoms with Gasteiger partial charge in [-0.25, -0.2) is 8.78 Å². The lowest BCUT2D eigenvalue weighted by atomic mass is 9.72. The van der Waals surface area contributed by atoms with Crippen LogP contribution in [0.3, 0.4) is 0 Å². The van der Waals surface area contributed by atoms with Crippen LogP contribution >= 0.6 is 0 Å². The van der Waals surface area contributed by atoms with Gasteiger partial charge in [-0.15, -0.1) is 0 Å². The minimum atomic E-state index is -2.57. The molecule has 0 amide bonds. The summed E-state index contributed by atoms with van der Waals surface area (Å²) in [4.78, 5) is 0. The summed E-state index contributed by atoms with van der Waals surface area (Å²) in [6, 6.07) is 0. The summed E-state index contributed by atoms with van der Waals surface area (Å²) >= 11 is 0. The molecule has 1 saturated carbocycles. The number of alkyl halides is 2. The first kappa shape index (κ1) is 9.34. The zero-order valence-corrected chi connectivity index (χ0v) is 7.38. The molecule has 1 saturated heterocycles. The van der Waals surface area contributed by atoms with E-state index in [-0.39, 0.29) is 25.7 Å². The molecule has 76 valence electrons. The molecular weight excluding hydrogens is 178 g/mol. The van der Waals surface area contributed by atoms with Crippen molar-refractivity contribution in [2.45, 2.75) is 18.8 Å². The second kappa shape index (κ2) is 3.17. The van der Waals surface area contributed by atoms with Gasteiger partial charge in [-0.1, -0.05) is 0 Å². The molecule has 0 radical (unpaired) electrons. The Balaban J connectivity index is 2.12. The molecule has 2 fully saturated rings. The summed E-state index contributed by atoms with van der Waals surface area (Å²) in [5.74, 6) is -3.85. The van der Waals surface area contributed by atoms with Gasteiger partial charge in [0.05, 0.1) is 13.2 Å². The Labute approximate surface area is 75.9 Å². The summed E-state index contributed by atoms with van der Waals surface area (Å²) in [6.07, 6.45) is 0.806. The first-order valence-corrected chi connectivity index (χ1v) is 4.71. The Morgan fingerprint density at radius 2 is 1.77 bits per heavy atom. The SMILES string of the molecule is OCC1CC2COCC(C1)C2(F)F. The molecule has 1 aliphatic carbocycles. The number of aliphatic hydroxyl groups is 1. The molecule has 13 heavy (non-hydrogen) atoms. The minimum Gasteiger partial charge on any atom is -0.396 e. The van der Waals surface area contributed by atoms with Crippen molar-refractivity contribution in [1.82, 2.24) is 0 Å². The van der Waals surface area contributed by atoms with E-state index < -0.39 is 17.8 Å². The second-order valence-corrected chi connectivity index (χ2v) is 4.13.